The van der Waals surface area contributed by atoms with Gasteiger partial charge in [0.05, 0.1) is 5.54 Å². The molecule has 40 heavy (non-hydrogen) atoms. The van der Waals surface area contributed by atoms with E-state index in [2.05, 4.69) is 37.1 Å². The summed E-state index contributed by atoms with van der Waals surface area (Å²) in [5.74, 6) is 0.993. The second-order valence-corrected chi connectivity index (χ2v) is 12.5. The highest BCUT2D eigenvalue weighted by Crippen LogP contribution is 2.26. The average Bonchev–Trinajstić information content (AvgIpc) is 3.46. The summed E-state index contributed by atoms with van der Waals surface area (Å²) in [6.07, 6.45) is 3.90. The first-order valence-corrected chi connectivity index (χ1v) is 13.6. The van der Waals surface area contributed by atoms with Gasteiger partial charge in [-0.3, -0.25) is 9.48 Å². The largest absolute Gasteiger partial charge is 0.444 e. The van der Waals surface area contributed by atoms with E-state index in [1.54, 1.807) is 20.5 Å². The van der Waals surface area contributed by atoms with Gasteiger partial charge in [-0.25, -0.2) is 19.1 Å². The predicted octanol–water partition coefficient (Wildman–Crippen LogP) is 5.15. The van der Waals surface area contributed by atoms with Crippen LogP contribution in [0.3, 0.4) is 0 Å². The summed E-state index contributed by atoms with van der Waals surface area (Å²) < 4.78 is 10.9. The Morgan fingerprint density at radius 3 is 2.48 bits per heavy atom. The molecule has 0 saturated heterocycles. The Morgan fingerprint density at radius 1 is 1.07 bits per heavy atom. The number of hydrogen-bond acceptors (Lipinski definition) is 7. The summed E-state index contributed by atoms with van der Waals surface area (Å²) in [7, 11) is 0. The maximum absolute atomic E-state index is 13.3. The van der Waals surface area contributed by atoms with Crippen LogP contribution < -0.4 is 10.9 Å². The molecule has 0 saturated carbocycles. The fraction of sp³-hybridized carbons (Fsp3) is 0.483. The van der Waals surface area contributed by atoms with Crippen LogP contribution in [0.5, 0.6) is 0 Å². The summed E-state index contributed by atoms with van der Waals surface area (Å²) in [4.78, 5) is 36.8. The lowest BCUT2D eigenvalue weighted by molar-refractivity contribution is 0.0224. The normalized spacial score (nSPS) is 14.1. The first kappa shape index (κ1) is 27.4. The predicted molar refractivity (Wildman–Crippen MR) is 154 cm³/mol. The summed E-state index contributed by atoms with van der Waals surface area (Å²) >= 11 is 0. The first-order valence-electron chi connectivity index (χ1n) is 13.6. The van der Waals surface area contributed by atoms with E-state index in [9.17, 15) is 9.59 Å². The second kappa shape index (κ2) is 9.79. The molecule has 4 aromatic rings. The molecule has 0 radical (unpaired) electrons. The molecule has 0 fully saturated rings. The molecule has 1 N–H and O–H groups in total. The molecule has 0 aliphatic carbocycles. The molecular formula is C29H38N8O3. The SMILES string of the molecule is CC(C)n1c(=O)c2cnc(Nc3ccc4c(c3)CCN(C(=O)OC(C)(C)C)C4)nc2n1-c1ccn(C(C)(C)C)n1. The van der Waals surface area contributed by atoms with Crippen molar-refractivity contribution in [2.75, 3.05) is 11.9 Å². The highest BCUT2D eigenvalue weighted by molar-refractivity contribution is 5.77. The molecule has 11 heteroatoms. The van der Waals surface area contributed by atoms with E-state index in [1.807, 2.05) is 63.7 Å². The van der Waals surface area contributed by atoms with Crippen LogP contribution in [-0.2, 0) is 23.2 Å². The molecule has 0 unspecified atom stereocenters. The number of nitrogens with zero attached hydrogens (tertiary/aromatic N) is 7. The van der Waals surface area contributed by atoms with E-state index >= 15 is 0 Å². The van der Waals surface area contributed by atoms with E-state index in [4.69, 9.17) is 14.8 Å². The van der Waals surface area contributed by atoms with Crippen molar-refractivity contribution in [3.8, 4) is 5.82 Å². The van der Waals surface area contributed by atoms with Crippen LogP contribution in [0.25, 0.3) is 16.9 Å². The third-order valence-electron chi connectivity index (χ3n) is 6.72. The molecule has 0 bridgehead atoms. The Hall–Kier alpha value is -4.15. The second-order valence-electron chi connectivity index (χ2n) is 12.5. The van der Waals surface area contributed by atoms with Crippen LogP contribution in [0.1, 0.15) is 72.6 Å². The number of aromatic nitrogens is 6. The molecule has 4 heterocycles. The smallest absolute Gasteiger partial charge is 0.410 e. The quantitative estimate of drug-likeness (QED) is 0.377. The van der Waals surface area contributed by atoms with Crippen LogP contribution in [0.2, 0.25) is 0 Å². The van der Waals surface area contributed by atoms with E-state index < -0.39 is 5.60 Å². The number of fused-ring (bicyclic) bond motifs is 2. The minimum Gasteiger partial charge on any atom is -0.444 e. The van der Waals surface area contributed by atoms with Gasteiger partial charge in [0.1, 0.15) is 11.0 Å². The molecule has 212 valence electrons. The lowest BCUT2D eigenvalue weighted by atomic mass is 9.99. The average molecular weight is 547 g/mol. The standard InChI is InChI=1S/C29H38N8O3/c1-18(2)36-25(38)22-16-30-26(32-24(22)37(36)23-12-14-35(33-23)28(3,4)5)31-21-10-9-20-17-34(13-11-19(20)15-21)27(39)40-29(6,7)8/h9-10,12,14-16,18H,11,13,17H2,1-8H3,(H,30,31,32). The van der Waals surface area contributed by atoms with Gasteiger partial charge in [-0.15, -0.1) is 0 Å². The van der Waals surface area contributed by atoms with E-state index in [0.29, 0.717) is 35.9 Å². The first-order chi connectivity index (χ1) is 18.7. The van der Waals surface area contributed by atoms with Crippen LogP contribution in [-0.4, -0.2) is 52.3 Å². The zero-order valence-electron chi connectivity index (χ0n) is 24.5. The topological polar surface area (TPSA) is 112 Å². The summed E-state index contributed by atoms with van der Waals surface area (Å²) in [6.45, 7) is 16.8. The number of rotatable bonds is 4. The van der Waals surface area contributed by atoms with Gasteiger partial charge in [0, 0.05) is 43.3 Å². The van der Waals surface area contributed by atoms with Gasteiger partial charge in [-0.2, -0.15) is 10.1 Å². The number of anilines is 2. The number of ether oxygens (including phenoxy) is 1. The molecule has 0 atom stereocenters. The third kappa shape index (κ3) is 5.32. The van der Waals surface area contributed by atoms with Crippen LogP contribution >= 0.6 is 0 Å². The van der Waals surface area contributed by atoms with Crippen molar-refractivity contribution in [2.24, 2.45) is 0 Å². The molecule has 1 amide bonds. The fourth-order valence-electron chi connectivity index (χ4n) is 4.79. The highest BCUT2D eigenvalue weighted by Gasteiger charge is 2.26. The van der Waals surface area contributed by atoms with Crippen molar-refractivity contribution >= 4 is 28.8 Å². The van der Waals surface area contributed by atoms with Crippen LogP contribution in [0, 0.1) is 0 Å². The molecule has 1 aliphatic heterocycles. The van der Waals surface area contributed by atoms with Crippen LogP contribution in [0.4, 0.5) is 16.4 Å². The van der Waals surface area contributed by atoms with E-state index in [0.717, 1.165) is 23.2 Å². The number of hydrogen-bond donors (Lipinski definition) is 1. The molecule has 5 rings (SSSR count). The Morgan fingerprint density at radius 2 is 1.82 bits per heavy atom. The minimum atomic E-state index is -0.528. The maximum atomic E-state index is 13.3. The third-order valence-corrected chi connectivity index (χ3v) is 6.72. The van der Waals surface area contributed by atoms with E-state index in [1.165, 1.54) is 0 Å². The number of benzene rings is 1. The summed E-state index contributed by atoms with van der Waals surface area (Å²) in [6, 6.07) is 7.80. The lowest BCUT2D eigenvalue weighted by Crippen LogP contribution is -2.39. The molecule has 11 nitrogen and oxygen atoms in total. The highest BCUT2D eigenvalue weighted by atomic mass is 16.6. The van der Waals surface area contributed by atoms with Gasteiger partial charge < -0.3 is 15.0 Å². The maximum Gasteiger partial charge on any atom is 0.410 e. The van der Waals surface area contributed by atoms with Gasteiger partial charge >= 0.3 is 6.09 Å². The number of amides is 1. The number of carbonyl (C=O) groups is 1. The van der Waals surface area contributed by atoms with Gasteiger partial charge in [-0.05, 0) is 85.1 Å². The van der Waals surface area contributed by atoms with Crippen molar-refractivity contribution < 1.29 is 9.53 Å². The lowest BCUT2D eigenvalue weighted by Gasteiger charge is -2.31. The molecule has 3 aromatic heterocycles. The van der Waals surface area contributed by atoms with Crippen molar-refractivity contribution in [3.63, 3.8) is 0 Å². The van der Waals surface area contributed by atoms with Crippen molar-refractivity contribution in [2.45, 2.75) is 85.5 Å². The molecule has 1 aromatic carbocycles. The fourth-order valence-corrected chi connectivity index (χ4v) is 4.79. The minimum absolute atomic E-state index is 0.112. The molecular weight excluding hydrogens is 508 g/mol. The monoisotopic (exact) mass is 546 g/mol. The van der Waals surface area contributed by atoms with E-state index in [-0.39, 0.29) is 23.2 Å². The Kier molecular flexibility index (Phi) is 6.71. The molecule has 1 aliphatic rings. The van der Waals surface area contributed by atoms with Gasteiger partial charge in [0.2, 0.25) is 5.95 Å². The number of carbonyl (C=O) groups excluding carboxylic acids is 1. The van der Waals surface area contributed by atoms with Gasteiger partial charge in [0.15, 0.2) is 11.5 Å². The van der Waals surface area contributed by atoms with Crippen molar-refractivity contribution in [1.29, 1.82) is 0 Å². The number of nitrogens with one attached hydrogen (secondary N) is 1. The Balaban J connectivity index is 1.45. The Labute approximate surface area is 233 Å². The summed E-state index contributed by atoms with van der Waals surface area (Å²) in [5, 5.41) is 8.49. The van der Waals surface area contributed by atoms with Crippen LogP contribution in [0.15, 0.2) is 41.5 Å². The zero-order chi connectivity index (χ0) is 29.0. The van der Waals surface area contributed by atoms with Gasteiger partial charge in [-0.1, -0.05) is 6.07 Å². The molecule has 0 spiro atoms. The van der Waals surface area contributed by atoms with Gasteiger partial charge in [0.25, 0.3) is 5.56 Å². The van der Waals surface area contributed by atoms with Crippen molar-refractivity contribution in [3.05, 3.63) is 58.1 Å². The summed E-state index contributed by atoms with van der Waals surface area (Å²) in [5.41, 5.74) is 2.66. The Bertz CT molecular complexity index is 1630. The van der Waals surface area contributed by atoms with Crippen molar-refractivity contribution in [1.82, 2.24) is 34.0 Å². The zero-order valence-corrected chi connectivity index (χ0v) is 24.5.